The number of nitrogens with zero attached hydrogens (tertiary/aromatic N) is 2. The van der Waals surface area contributed by atoms with Crippen LogP contribution in [0, 0.1) is 0 Å². The van der Waals surface area contributed by atoms with Crippen LogP contribution in [0.1, 0.15) is 23.6 Å². The monoisotopic (exact) mass is 493 g/mol. The first-order chi connectivity index (χ1) is 17.5. The molecule has 4 aromatic carbocycles. The fourth-order valence-corrected chi connectivity index (χ4v) is 5.26. The number of benzene rings is 4. The van der Waals surface area contributed by atoms with Crippen molar-refractivity contribution >= 4 is 15.7 Å². The Hall–Kier alpha value is -4.16. The summed E-state index contributed by atoms with van der Waals surface area (Å²) in [5.74, 6) is 0.0135. The second kappa shape index (κ2) is 9.84. The lowest BCUT2D eigenvalue weighted by Crippen LogP contribution is -2.36. The van der Waals surface area contributed by atoms with E-state index in [-0.39, 0.29) is 5.75 Å². The van der Waals surface area contributed by atoms with Gasteiger partial charge in [-0.05, 0) is 35.7 Å². The average Bonchev–Trinajstić information content (AvgIpc) is 3.42. The molecular formula is C30H27N3O2S. The number of hydrogen-bond donors (Lipinski definition) is 1. The molecule has 5 nitrogen and oxygen atoms in total. The summed E-state index contributed by atoms with van der Waals surface area (Å²) < 4.78 is 29.0. The molecule has 0 aliphatic heterocycles. The maximum absolute atomic E-state index is 12.1. The number of imidazole rings is 1. The Labute approximate surface area is 212 Å². The zero-order valence-corrected chi connectivity index (χ0v) is 20.8. The molecule has 0 unspecified atom stereocenters. The van der Waals surface area contributed by atoms with Crippen molar-refractivity contribution in [1.82, 2.24) is 9.55 Å². The van der Waals surface area contributed by atoms with Gasteiger partial charge in [0.2, 0.25) is 10.0 Å². The second-order valence-corrected chi connectivity index (χ2v) is 10.6. The van der Waals surface area contributed by atoms with Crippen molar-refractivity contribution in [2.75, 3.05) is 10.5 Å². The van der Waals surface area contributed by atoms with Crippen molar-refractivity contribution in [2.24, 2.45) is 0 Å². The Balaban J connectivity index is 1.70. The highest BCUT2D eigenvalue weighted by atomic mass is 32.2. The van der Waals surface area contributed by atoms with Gasteiger partial charge in [0.15, 0.2) is 0 Å². The van der Waals surface area contributed by atoms with Crippen molar-refractivity contribution in [3.63, 3.8) is 0 Å². The van der Waals surface area contributed by atoms with Crippen LogP contribution in [0.3, 0.4) is 0 Å². The van der Waals surface area contributed by atoms with Gasteiger partial charge < -0.3 is 4.57 Å². The molecule has 0 saturated carbocycles. The summed E-state index contributed by atoms with van der Waals surface area (Å²) in [7, 11) is -3.37. The number of aromatic nitrogens is 2. The van der Waals surface area contributed by atoms with Crippen LogP contribution < -0.4 is 4.72 Å². The van der Waals surface area contributed by atoms with E-state index in [4.69, 9.17) is 4.98 Å². The molecule has 180 valence electrons. The Kier molecular flexibility index (Phi) is 6.44. The molecule has 0 spiro atoms. The summed E-state index contributed by atoms with van der Waals surface area (Å²) in [4.78, 5) is 4.77. The molecule has 0 radical (unpaired) electrons. The van der Waals surface area contributed by atoms with Crippen LogP contribution in [0.25, 0.3) is 11.3 Å². The van der Waals surface area contributed by atoms with Crippen LogP contribution in [0.4, 0.5) is 5.69 Å². The van der Waals surface area contributed by atoms with Gasteiger partial charge >= 0.3 is 0 Å². The fraction of sp³-hybridized carbons (Fsp3) is 0.100. The van der Waals surface area contributed by atoms with Crippen LogP contribution in [0.15, 0.2) is 128 Å². The van der Waals surface area contributed by atoms with E-state index in [9.17, 15) is 8.42 Å². The fourth-order valence-electron chi connectivity index (χ4n) is 4.63. The van der Waals surface area contributed by atoms with E-state index in [1.54, 1.807) is 13.0 Å². The minimum atomic E-state index is -3.37. The maximum atomic E-state index is 12.1. The Morgan fingerprint density at radius 2 is 1.28 bits per heavy atom. The van der Waals surface area contributed by atoms with Gasteiger partial charge in [0.05, 0.1) is 17.8 Å². The van der Waals surface area contributed by atoms with E-state index in [2.05, 4.69) is 82.1 Å². The van der Waals surface area contributed by atoms with Gasteiger partial charge in [-0.2, -0.15) is 0 Å². The summed E-state index contributed by atoms with van der Waals surface area (Å²) in [6.07, 6.45) is 3.88. The normalized spacial score (nSPS) is 11.8. The van der Waals surface area contributed by atoms with Crippen LogP contribution in [0.5, 0.6) is 0 Å². The van der Waals surface area contributed by atoms with Crippen LogP contribution >= 0.6 is 0 Å². The SMILES string of the molecule is CCS(=O)(=O)Nc1cccc(-c2cn(C(c3ccccc3)(c3ccccc3)c3ccccc3)cn2)c1. The van der Waals surface area contributed by atoms with E-state index >= 15 is 0 Å². The molecule has 0 amide bonds. The molecule has 0 atom stereocenters. The van der Waals surface area contributed by atoms with Gasteiger partial charge in [-0.1, -0.05) is 103 Å². The molecule has 0 saturated heterocycles. The first-order valence-electron chi connectivity index (χ1n) is 11.8. The van der Waals surface area contributed by atoms with E-state index in [1.807, 2.05) is 48.9 Å². The molecule has 1 N–H and O–H groups in total. The van der Waals surface area contributed by atoms with Gasteiger partial charge in [-0.3, -0.25) is 4.72 Å². The highest BCUT2D eigenvalue weighted by Gasteiger charge is 2.38. The van der Waals surface area contributed by atoms with Crippen molar-refractivity contribution in [3.8, 4) is 11.3 Å². The van der Waals surface area contributed by atoms with Gasteiger partial charge in [0.25, 0.3) is 0 Å². The van der Waals surface area contributed by atoms with E-state index < -0.39 is 15.6 Å². The van der Waals surface area contributed by atoms with Crippen LogP contribution in [-0.4, -0.2) is 23.7 Å². The number of sulfonamides is 1. The third kappa shape index (κ3) is 4.43. The smallest absolute Gasteiger partial charge is 0.232 e. The third-order valence-corrected chi connectivity index (χ3v) is 7.66. The number of nitrogens with one attached hydrogen (secondary N) is 1. The minimum absolute atomic E-state index is 0.0135. The van der Waals surface area contributed by atoms with Gasteiger partial charge in [0, 0.05) is 17.4 Å². The van der Waals surface area contributed by atoms with Crippen molar-refractivity contribution in [2.45, 2.75) is 12.5 Å². The van der Waals surface area contributed by atoms with Crippen LogP contribution in [0.2, 0.25) is 0 Å². The quantitative estimate of drug-likeness (QED) is 0.264. The lowest BCUT2D eigenvalue weighted by molar-refractivity contribution is 0.515. The van der Waals surface area contributed by atoms with Gasteiger partial charge in [-0.15, -0.1) is 0 Å². The van der Waals surface area contributed by atoms with E-state index in [0.29, 0.717) is 5.69 Å². The highest BCUT2D eigenvalue weighted by Crippen LogP contribution is 2.41. The minimum Gasteiger partial charge on any atom is -0.318 e. The zero-order valence-electron chi connectivity index (χ0n) is 20.0. The molecule has 0 bridgehead atoms. The van der Waals surface area contributed by atoms with Gasteiger partial charge in [-0.25, -0.2) is 13.4 Å². The maximum Gasteiger partial charge on any atom is 0.232 e. The molecule has 5 aromatic rings. The number of rotatable bonds is 8. The molecular weight excluding hydrogens is 466 g/mol. The largest absolute Gasteiger partial charge is 0.318 e. The molecule has 0 fully saturated rings. The Morgan fingerprint density at radius 1 is 0.750 bits per heavy atom. The molecule has 0 aliphatic rings. The van der Waals surface area contributed by atoms with Gasteiger partial charge in [0.1, 0.15) is 5.54 Å². The topological polar surface area (TPSA) is 64.0 Å². The summed E-state index contributed by atoms with van der Waals surface area (Å²) in [5.41, 5.74) is 4.76. The summed E-state index contributed by atoms with van der Waals surface area (Å²) in [6, 6.07) is 38.5. The summed E-state index contributed by atoms with van der Waals surface area (Å²) in [6.45, 7) is 1.62. The second-order valence-electron chi connectivity index (χ2n) is 8.56. The lowest BCUT2D eigenvalue weighted by Gasteiger charge is -2.37. The first-order valence-corrected chi connectivity index (χ1v) is 13.5. The standard InChI is InChI=1S/C30H27N3O2S/c1-2-36(34,35)32-28-20-12-13-24(21-28)29-22-33(23-31-29)30(25-14-6-3-7-15-25,26-16-8-4-9-17-26)27-18-10-5-11-19-27/h3-23,32H,2H2,1H3. The third-order valence-electron chi connectivity index (χ3n) is 6.36. The molecule has 1 heterocycles. The Bertz CT molecular complexity index is 1450. The summed E-state index contributed by atoms with van der Waals surface area (Å²) >= 11 is 0. The molecule has 5 rings (SSSR count). The zero-order chi connectivity index (χ0) is 25.0. The average molecular weight is 494 g/mol. The number of anilines is 1. The molecule has 6 heteroatoms. The van der Waals surface area contributed by atoms with Crippen LogP contribution in [-0.2, 0) is 15.6 Å². The Morgan fingerprint density at radius 3 is 1.78 bits per heavy atom. The predicted octanol–water partition coefficient (Wildman–Crippen LogP) is 6.15. The van der Waals surface area contributed by atoms with E-state index in [1.165, 1.54) is 0 Å². The molecule has 1 aromatic heterocycles. The summed E-state index contributed by atoms with van der Waals surface area (Å²) in [5, 5.41) is 0. The van der Waals surface area contributed by atoms with Crippen molar-refractivity contribution in [3.05, 3.63) is 144 Å². The van der Waals surface area contributed by atoms with E-state index in [0.717, 1.165) is 27.9 Å². The highest BCUT2D eigenvalue weighted by molar-refractivity contribution is 7.92. The molecule has 36 heavy (non-hydrogen) atoms. The lowest BCUT2D eigenvalue weighted by atomic mass is 9.77. The predicted molar refractivity (Wildman–Crippen MR) is 145 cm³/mol. The first kappa shape index (κ1) is 23.6. The van der Waals surface area contributed by atoms with Crippen molar-refractivity contribution < 1.29 is 8.42 Å². The number of hydrogen-bond acceptors (Lipinski definition) is 3. The van der Waals surface area contributed by atoms with Crippen molar-refractivity contribution in [1.29, 1.82) is 0 Å². The molecule has 0 aliphatic carbocycles.